The third-order valence-electron chi connectivity index (χ3n) is 1.35. The second-order valence-electron chi connectivity index (χ2n) is 1.90. The Kier molecular flexibility index (Phi) is 3.85. The Morgan fingerprint density at radius 2 is 1.78 bits per heavy atom. The molecule has 0 N–H and O–H groups in total. The minimum absolute atomic E-state index is 0. The van der Waals surface area contributed by atoms with Crippen LogP contribution in [0.25, 0.3) is 0 Å². The monoisotopic (exact) mass is 224 g/mol. The smallest absolute Gasteiger partial charge is 0.295 e. The Morgan fingerprint density at radius 3 is 1.89 bits per heavy atom. The molecule has 0 aliphatic rings. The molecule has 1 aromatic heterocycles. The van der Waals surface area contributed by atoms with Crippen molar-refractivity contribution < 1.29 is 17.0 Å². The Labute approximate surface area is 73.7 Å². The van der Waals surface area contributed by atoms with Crippen LogP contribution in [0, 0.1) is 20.8 Å². The minimum atomic E-state index is 0. The maximum atomic E-state index is 2.18. The lowest BCUT2D eigenvalue weighted by Gasteiger charge is -1.77. The highest BCUT2D eigenvalue weighted by molar-refractivity contribution is 7.69. The molecule has 0 radical (unpaired) electrons. The van der Waals surface area contributed by atoms with E-state index in [9.17, 15) is 0 Å². The maximum absolute atomic E-state index is 2.18. The maximum Gasteiger partial charge on any atom is 0.295 e. The van der Waals surface area contributed by atoms with Crippen LogP contribution >= 0.6 is 20.7 Å². The van der Waals surface area contributed by atoms with Gasteiger partial charge in [-0.05, 0) is 13.8 Å². The van der Waals surface area contributed by atoms with Crippen molar-refractivity contribution in [3.8, 4) is 0 Å². The van der Waals surface area contributed by atoms with Crippen molar-refractivity contribution in [1.29, 1.82) is 0 Å². The summed E-state index contributed by atoms with van der Waals surface area (Å²) in [6.45, 7) is 6.52. The Balaban J connectivity index is 0.000000640. The molecule has 1 aromatic rings. The zero-order chi connectivity index (χ0) is 6.15. The third-order valence-corrected chi connectivity index (χ3v) is 4.29. The number of rotatable bonds is 0. The first-order valence-corrected chi connectivity index (χ1v) is 4.72. The molecular weight excluding hydrogens is 216 g/mol. The van der Waals surface area contributed by atoms with Gasteiger partial charge in [0.25, 0.3) is 10.3 Å². The van der Waals surface area contributed by atoms with Crippen LogP contribution in [0.4, 0.5) is 0 Å². The lowest BCUT2D eigenvalue weighted by Crippen LogP contribution is -3.00. The van der Waals surface area contributed by atoms with Crippen LogP contribution in [0.2, 0.25) is 0 Å². The average molecular weight is 225 g/mol. The van der Waals surface area contributed by atoms with Crippen LogP contribution in [0.15, 0.2) is 0 Å². The zero-order valence-corrected chi connectivity index (χ0v) is 8.91. The van der Waals surface area contributed by atoms with Gasteiger partial charge in [0.1, 0.15) is 0 Å². The molecule has 0 bridgehead atoms. The fourth-order valence-electron chi connectivity index (χ4n) is 0.498. The standard InChI is InChI=1S/C6H9S2.BrH/c1-4-5(2)7-8-6(4)3;/h1-3H3;1H/q+1;/p-1. The molecular formula is C6H9BrS2. The minimum Gasteiger partial charge on any atom is -1.00 e. The number of hydrogen-bond donors (Lipinski definition) is 0. The molecule has 0 saturated carbocycles. The number of hydrogen-bond acceptors (Lipinski definition) is 1. The van der Waals surface area contributed by atoms with Crippen LogP contribution < -0.4 is 17.0 Å². The van der Waals surface area contributed by atoms with Crippen molar-refractivity contribution in [2.45, 2.75) is 20.8 Å². The van der Waals surface area contributed by atoms with Crippen molar-refractivity contribution in [3.05, 3.63) is 15.3 Å². The van der Waals surface area contributed by atoms with Crippen molar-refractivity contribution in [2.75, 3.05) is 0 Å². The molecule has 0 amide bonds. The van der Waals surface area contributed by atoms with Gasteiger partial charge in [0, 0.05) is 12.5 Å². The summed E-state index contributed by atoms with van der Waals surface area (Å²) in [7, 11) is 3.75. The molecule has 9 heavy (non-hydrogen) atoms. The van der Waals surface area contributed by atoms with Crippen molar-refractivity contribution in [3.63, 3.8) is 0 Å². The van der Waals surface area contributed by atoms with Crippen LogP contribution in [0.1, 0.15) is 15.3 Å². The van der Waals surface area contributed by atoms with Gasteiger partial charge in [-0.3, -0.25) is 0 Å². The van der Waals surface area contributed by atoms with Gasteiger partial charge in [0.05, 0.1) is 4.88 Å². The van der Waals surface area contributed by atoms with Crippen LogP contribution in [0.5, 0.6) is 0 Å². The molecule has 0 aromatic carbocycles. The summed E-state index contributed by atoms with van der Waals surface area (Å²) in [5.41, 5.74) is 1.47. The zero-order valence-electron chi connectivity index (χ0n) is 5.69. The molecule has 1 rings (SSSR count). The fourth-order valence-corrected chi connectivity index (χ4v) is 2.87. The summed E-state index contributed by atoms with van der Waals surface area (Å²) >= 11 is 0. The quantitative estimate of drug-likeness (QED) is 0.431. The van der Waals surface area contributed by atoms with E-state index in [1.165, 1.54) is 15.3 Å². The molecule has 0 saturated heterocycles. The molecule has 52 valence electrons. The van der Waals surface area contributed by atoms with E-state index in [-0.39, 0.29) is 17.0 Å². The van der Waals surface area contributed by atoms with Gasteiger partial charge in [-0.2, -0.15) is 0 Å². The summed E-state index contributed by atoms with van der Waals surface area (Å²) in [5.74, 6) is 0. The van der Waals surface area contributed by atoms with E-state index in [4.69, 9.17) is 0 Å². The molecule has 3 heteroatoms. The molecule has 0 spiro atoms. The first-order valence-electron chi connectivity index (χ1n) is 2.57. The van der Waals surface area contributed by atoms with E-state index in [1.54, 1.807) is 0 Å². The number of halogens is 1. The van der Waals surface area contributed by atoms with Crippen molar-refractivity contribution in [2.24, 2.45) is 0 Å². The number of aryl methyl sites for hydroxylation is 2. The van der Waals surface area contributed by atoms with E-state index in [2.05, 4.69) is 20.8 Å². The lowest BCUT2D eigenvalue weighted by atomic mass is 10.3. The Morgan fingerprint density at radius 1 is 1.22 bits per heavy atom. The summed E-state index contributed by atoms with van der Waals surface area (Å²) in [6, 6.07) is 0. The summed E-state index contributed by atoms with van der Waals surface area (Å²) in [4.78, 5) is 2.93. The topological polar surface area (TPSA) is 0 Å². The van der Waals surface area contributed by atoms with Gasteiger partial charge in [-0.1, -0.05) is 0 Å². The largest absolute Gasteiger partial charge is 1.00 e. The van der Waals surface area contributed by atoms with Crippen molar-refractivity contribution >= 4 is 20.7 Å². The first kappa shape index (κ1) is 9.53. The first-order chi connectivity index (χ1) is 3.72. The highest BCUT2D eigenvalue weighted by Gasteiger charge is 2.10. The predicted molar refractivity (Wildman–Crippen MR) is 40.8 cm³/mol. The van der Waals surface area contributed by atoms with Gasteiger partial charge in [0.2, 0.25) is 4.88 Å². The summed E-state index contributed by atoms with van der Waals surface area (Å²) < 4.78 is 0. The van der Waals surface area contributed by atoms with E-state index < -0.39 is 0 Å². The van der Waals surface area contributed by atoms with Crippen LogP contribution in [-0.2, 0) is 0 Å². The SMILES string of the molecule is Cc1s[s+]c(C)c1C.[Br-]. The average Bonchev–Trinajstić information content (AvgIpc) is 1.98. The van der Waals surface area contributed by atoms with E-state index >= 15 is 0 Å². The molecule has 0 nitrogen and oxygen atoms in total. The van der Waals surface area contributed by atoms with E-state index in [1.807, 2.05) is 20.7 Å². The molecule has 0 fully saturated rings. The second-order valence-corrected chi connectivity index (χ2v) is 4.46. The summed E-state index contributed by atoms with van der Waals surface area (Å²) in [6.07, 6.45) is 0. The van der Waals surface area contributed by atoms with Gasteiger partial charge in [-0.15, -0.1) is 0 Å². The van der Waals surface area contributed by atoms with Crippen molar-refractivity contribution in [1.82, 2.24) is 0 Å². The van der Waals surface area contributed by atoms with Crippen LogP contribution in [0.3, 0.4) is 0 Å². The third kappa shape index (κ3) is 1.99. The summed E-state index contributed by atoms with van der Waals surface area (Å²) in [5, 5.41) is 0. The van der Waals surface area contributed by atoms with Gasteiger partial charge < -0.3 is 17.0 Å². The highest BCUT2D eigenvalue weighted by atomic mass is 79.9. The molecule has 1 heterocycles. The van der Waals surface area contributed by atoms with Gasteiger partial charge in [-0.25, -0.2) is 0 Å². The van der Waals surface area contributed by atoms with Gasteiger partial charge >= 0.3 is 0 Å². The molecule has 0 aliphatic carbocycles. The van der Waals surface area contributed by atoms with Gasteiger partial charge in [0.15, 0.2) is 10.3 Å². The Hall–Kier alpha value is 0.530. The highest BCUT2D eigenvalue weighted by Crippen LogP contribution is 2.25. The Bertz CT molecular complexity index is 173. The normalized spacial score (nSPS) is 8.78. The molecule has 0 atom stereocenters. The lowest BCUT2D eigenvalue weighted by molar-refractivity contribution is -0.00000168. The van der Waals surface area contributed by atoms with E-state index in [0.29, 0.717) is 0 Å². The fraction of sp³-hybridized carbons (Fsp3) is 0.500. The van der Waals surface area contributed by atoms with Crippen LogP contribution in [-0.4, -0.2) is 0 Å². The molecule has 0 unspecified atom stereocenters. The predicted octanol–water partition coefficient (Wildman–Crippen LogP) is 0.0200. The van der Waals surface area contributed by atoms with E-state index in [0.717, 1.165) is 0 Å². The molecule has 0 aliphatic heterocycles. The second kappa shape index (κ2) is 3.64.